The van der Waals surface area contributed by atoms with Crippen molar-refractivity contribution in [1.82, 2.24) is 10.2 Å². The Morgan fingerprint density at radius 1 is 1.30 bits per heavy atom. The van der Waals surface area contributed by atoms with Gasteiger partial charge in [-0.05, 0) is 6.42 Å². The first-order valence-electron chi connectivity index (χ1n) is 6.78. The second-order valence-corrected chi connectivity index (χ2v) is 4.84. The number of hydrogen-bond acceptors (Lipinski definition) is 4. The lowest BCUT2D eigenvalue weighted by Crippen LogP contribution is -2.39. The number of hydrogen-bond donors (Lipinski definition) is 2. The van der Waals surface area contributed by atoms with E-state index in [0.29, 0.717) is 6.42 Å². The summed E-state index contributed by atoms with van der Waals surface area (Å²) >= 11 is 0. The third-order valence-electron chi connectivity index (χ3n) is 3.14. The number of carbonyl (C=O) groups excluding carboxylic acids is 3. The number of likely N-dealkylation sites (tertiary alicyclic amines) is 1. The fourth-order valence-electron chi connectivity index (χ4n) is 2.17. The molecule has 1 fully saturated rings. The zero-order valence-corrected chi connectivity index (χ0v) is 11.6. The van der Waals surface area contributed by atoms with Crippen LogP contribution in [0.3, 0.4) is 0 Å². The third kappa shape index (κ3) is 4.99. The van der Waals surface area contributed by atoms with E-state index in [1.807, 2.05) is 6.92 Å². The first-order valence-corrected chi connectivity index (χ1v) is 6.78. The highest BCUT2D eigenvalue weighted by molar-refractivity contribution is 6.02. The smallest absolute Gasteiger partial charge is 0.305 e. The van der Waals surface area contributed by atoms with E-state index in [4.69, 9.17) is 5.11 Å². The molecular weight excluding hydrogens is 264 g/mol. The van der Waals surface area contributed by atoms with E-state index >= 15 is 0 Å². The summed E-state index contributed by atoms with van der Waals surface area (Å²) < 4.78 is 0. The maximum Gasteiger partial charge on any atom is 0.305 e. The minimum absolute atomic E-state index is 0.0112. The number of carboxylic acids is 1. The summed E-state index contributed by atoms with van der Waals surface area (Å²) in [7, 11) is 0. The Hall–Kier alpha value is -1.92. The fourth-order valence-corrected chi connectivity index (χ4v) is 2.17. The Kier molecular flexibility index (Phi) is 6.14. The van der Waals surface area contributed by atoms with Crippen LogP contribution >= 0.6 is 0 Å². The number of carbonyl (C=O) groups is 4. The number of aliphatic carboxylic acids is 1. The standard InChI is InChI=1S/C13H20N2O5/c1-2-3-9(8-13(19)20)14-10(16)6-7-15-11(17)4-5-12(15)18/h9H,2-8H2,1H3,(H,14,16)(H,19,20). The predicted octanol–water partition coefficient (Wildman–Crippen LogP) is 0.285. The molecule has 0 aromatic heterocycles. The van der Waals surface area contributed by atoms with Gasteiger partial charge in [0.2, 0.25) is 17.7 Å². The van der Waals surface area contributed by atoms with Gasteiger partial charge < -0.3 is 10.4 Å². The van der Waals surface area contributed by atoms with Crippen LogP contribution < -0.4 is 5.32 Å². The lowest BCUT2D eigenvalue weighted by atomic mass is 10.1. The highest BCUT2D eigenvalue weighted by atomic mass is 16.4. The van der Waals surface area contributed by atoms with Crippen LogP contribution in [0.5, 0.6) is 0 Å². The van der Waals surface area contributed by atoms with Crippen LogP contribution in [0.1, 0.15) is 45.4 Å². The van der Waals surface area contributed by atoms with Crippen molar-refractivity contribution in [2.45, 2.75) is 51.5 Å². The summed E-state index contributed by atoms with van der Waals surface area (Å²) in [6.45, 7) is 1.97. The Labute approximate surface area is 117 Å². The second-order valence-electron chi connectivity index (χ2n) is 4.84. The molecule has 0 aromatic rings. The Balaban J connectivity index is 2.39. The number of nitrogens with one attached hydrogen (secondary N) is 1. The third-order valence-corrected chi connectivity index (χ3v) is 3.14. The summed E-state index contributed by atoms with van der Waals surface area (Å²) in [5.41, 5.74) is 0. The highest BCUT2D eigenvalue weighted by Gasteiger charge is 2.29. The average molecular weight is 284 g/mol. The number of amides is 3. The first-order chi connectivity index (χ1) is 9.43. The molecule has 1 unspecified atom stereocenters. The molecule has 1 atom stereocenters. The van der Waals surface area contributed by atoms with Crippen molar-refractivity contribution in [3.05, 3.63) is 0 Å². The number of nitrogens with zero attached hydrogens (tertiary/aromatic N) is 1. The normalized spacial score (nSPS) is 16.4. The molecule has 0 spiro atoms. The molecule has 20 heavy (non-hydrogen) atoms. The summed E-state index contributed by atoms with van der Waals surface area (Å²) in [5.74, 6) is -1.80. The van der Waals surface area contributed by atoms with E-state index in [0.717, 1.165) is 11.3 Å². The zero-order valence-electron chi connectivity index (χ0n) is 11.6. The predicted molar refractivity (Wildman–Crippen MR) is 69.7 cm³/mol. The van der Waals surface area contributed by atoms with Gasteiger partial charge in [0.05, 0.1) is 6.42 Å². The van der Waals surface area contributed by atoms with Gasteiger partial charge in [0, 0.05) is 31.8 Å². The number of rotatable bonds is 8. The van der Waals surface area contributed by atoms with Crippen LogP contribution in [0.15, 0.2) is 0 Å². The fraction of sp³-hybridized carbons (Fsp3) is 0.692. The lowest BCUT2D eigenvalue weighted by molar-refractivity contribution is -0.139. The molecule has 7 nitrogen and oxygen atoms in total. The van der Waals surface area contributed by atoms with E-state index in [1.54, 1.807) is 0 Å². The molecule has 1 heterocycles. The van der Waals surface area contributed by atoms with Crippen molar-refractivity contribution in [2.24, 2.45) is 0 Å². The first kappa shape index (κ1) is 16.1. The van der Waals surface area contributed by atoms with Crippen LogP contribution in [-0.4, -0.2) is 46.3 Å². The molecule has 2 N–H and O–H groups in total. The Morgan fingerprint density at radius 3 is 2.40 bits per heavy atom. The quantitative estimate of drug-likeness (QED) is 0.623. The molecule has 1 rings (SSSR count). The molecule has 0 aromatic carbocycles. The van der Waals surface area contributed by atoms with Crippen LogP contribution in [-0.2, 0) is 19.2 Å². The van der Waals surface area contributed by atoms with Crippen LogP contribution in [0.25, 0.3) is 0 Å². The minimum atomic E-state index is -0.964. The van der Waals surface area contributed by atoms with Crippen molar-refractivity contribution < 1.29 is 24.3 Å². The summed E-state index contributed by atoms with van der Waals surface area (Å²) in [4.78, 5) is 46.2. The van der Waals surface area contributed by atoms with E-state index in [9.17, 15) is 19.2 Å². The van der Waals surface area contributed by atoms with E-state index in [1.165, 1.54) is 0 Å². The second kappa shape index (κ2) is 7.62. The van der Waals surface area contributed by atoms with Crippen LogP contribution in [0, 0.1) is 0 Å². The van der Waals surface area contributed by atoms with Gasteiger partial charge in [0.1, 0.15) is 0 Å². The van der Waals surface area contributed by atoms with E-state index < -0.39 is 12.0 Å². The zero-order chi connectivity index (χ0) is 15.1. The molecule has 0 aliphatic carbocycles. The Bertz CT molecular complexity index is 392. The summed E-state index contributed by atoms with van der Waals surface area (Å²) in [6, 6.07) is -0.407. The molecule has 7 heteroatoms. The molecule has 112 valence electrons. The van der Waals surface area contributed by atoms with Gasteiger partial charge >= 0.3 is 5.97 Å². The highest BCUT2D eigenvalue weighted by Crippen LogP contribution is 2.12. The van der Waals surface area contributed by atoms with Gasteiger partial charge in [0.15, 0.2) is 0 Å². The van der Waals surface area contributed by atoms with Gasteiger partial charge in [-0.25, -0.2) is 0 Å². The van der Waals surface area contributed by atoms with Crippen LogP contribution in [0.4, 0.5) is 0 Å². The molecule has 3 amide bonds. The number of carboxylic acid groups (broad SMARTS) is 1. The molecule has 1 aliphatic rings. The van der Waals surface area contributed by atoms with Gasteiger partial charge in [0.25, 0.3) is 0 Å². The topological polar surface area (TPSA) is 104 Å². The van der Waals surface area contributed by atoms with Gasteiger partial charge in [-0.1, -0.05) is 13.3 Å². The minimum Gasteiger partial charge on any atom is -0.481 e. The molecule has 0 saturated carbocycles. The van der Waals surface area contributed by atoms with Crippen LogP contribution in [0.2, 0.25) is 0 Å². The van der Waals surface area contributed by atoms with Crippen molar-refractivity contribution in [3.63, 3.8) is 0 Å². The van der Waals surface area contributed by atoms with Gasteiger partial charge in [-0.15, -0.1) is 0 Å². The molecule has 0 bridgehead atoms. The van der Waals surface area contributed by atoms with Crippen molar-refractivity contribution in [1.29, 1.82) is 0 Å². The maximum atomic E-state index is 11.7. The molecule has 1 saturated heterocycles. The van der Waals surface area contributed by atoms with Crippen molar-refractivity contribution in [2.75, 3.05) is 6.54 Å². The lowest BCUT2D eigenvalue weighted by Gasteiger charge is -2.18. The largest absolute Gasteiger partial charge is 0.481 e. The van der Waals surface area contributed by atoms with Gasteiger partial charge in [-0.3, -0.25) is 24.1 Å². The van der Waals surface area contributed by atoms with E-state index in [-0.39, 0.29) is 49.9 Å². The summed E-state index contributed by atoms with van der Waals surface area (Å²) in [6.07, 6.45) is 1.65. The Morgan fingerprint density at radius 2 is 1.90 bits per heavy atom. The molecular formula is C13H20N2O5. The molecule has 0 radical (unpaired) electrons. The molecule has 1 aliphatic heterocycles. The monoisotopic (exact) mass is 284 g/mol. The van der Waals surface area contributed by atoms with E-state index in [2.05, 4.69) is 5.32 Å². The average Bonchev–Trinajstić information content (AvgIpc) is 2.66. The van der Waals surface area contributed by atoms with Crippen molar-refractivity contribution >= 4 is 23.7 Å². The summed E-state index contributed by atoms with van der Waals surface area (Å²) in [5, 5.41) is 11.4. The SMILES string of the molecule is CCCC(CC(=O)O)NC(=O)CCN1C(=O)CCC1=O. The van der Waals surface area contributed by atoms with Gasteiger partial charge in [-0.2, -0.15) is 0 Å². The number of imide groups is 1. The van der Waals surface area contributed by atoms with Crippen molar-refractivity contribution in [3.8, 4) is 0 Å². The maximum absolute atomic E-state index is 11.7.